The van der Waals surface area contributed by atoms with Gasteiger partial charge in [-0.05, 0) is 24.5 Å². The van der Waals surface area contributed by atoms with Gasteiger partial charge in [-0.3, -0.25) is 8.98 Å². The number of halogens is 1. The van der Waals surface area contributed by atoms with E-state index in [0.717, 1.165) is 11.3 Å². The van der Waals surface area contributed by atoms with Crippen molar-refractivity contribution in [2.45, 2.75) is 31.1 Å². The smallest absolute Gasteiger partial charge is 0.333 e. The Morgan fingerprint density at radius 1 is 1.31 bits per heavy atom. The maximum absolute atomic E-state index is 13.3. The van der Waals surface area contributed by atoms with Crippen molar-refractivity contribution in [3.63, 3.8) is 0 Å². The molecule has 0 saturated heterocycles. The number of carbonyl (C=O) groups is 1. The van der Waals surface area contributed by atoms with Crippen molar-refractivity contribution in [1.82, 2.24) is 9.97 Å². The summed E-state index contributed by atoms with van der Waals surface area (Å²) < 4.78 is 27.0. The molecule has 4 atom stereocenters. The molecule has 0 bridgehead atoms. The zero-order valence-electron chi connectivity index (χ0n) is 18.2. The Bertz CT molecular complexity index is 1300. The molecule has 0 spiro atoms. The Kier molecular flexibility index (Phi) is 7.81. The van der Waals surface area contributed by atoms with Gasteiger partial charge in [-0.2, -0.15) is 8.42 Å². The molecule has 2 aromatic heterocycles. The van der Waals surface area contributed by atoms with Gasteiger partial charge in [0.05, 0.1) is 27.5 Å². The van der Waals surface area contributed by atoms with Crippen LogP contribution < -0.4 is 10.5 Å². The Morgan fingerprint density at radius 3 is 2.77 bits per heavy atom. The Hall–Kier alpha value is -2.45. The molecule has 186 valence electrons. The van der Waals surface area contributed by atoms with E-state index in [1.165, 1.54) is 12.5 Å². The van der Waals surface area contributed by atoms with E-state index in [2.05, 4.69) is 19.5 Å². The van der Waals surface area contributed by atoms with Crippen LogP contribution in [0.4, 0.5) is 5.82 Å². The van der Waals surface area contributed by atoms with Crippen molar-refractivity contribution >= 4 is 44.8 Å². The number of nitrogens with two attached hydrogens (primary N) is 1. The summed E-state index contributed by atoms with van der Waals surface area (Å²) in [5, 5.41) is 29.0. The van der Waals surface area contributed by atoms with Crippen LogP contribution in [-0.2, 0) is 14.5 Å². The number of aliphatic hydroxyl groups is 2. The zero-order valence-corrected chi connectivity index (χ0v) is 20.6. The van der Waals surface area contributed by atoms with Crippen LogP contribution >= 0.6 is 22.9 Å². The van der Waals surface area contributed by atoms with Crippen LogP contribution in [0.15, 0.2) is 48.9 Å². The summed E-state index contributed by atoms with van der Waals surface area (Å²) >= 11 is 7.41. The Labute approximate surface area is 211 Å². The summed E-state index contributed by atoms with van der Waals surface area (Å²) in [6, 6.07) is 10.2. The van der Waals surface area contributed by atoms with Gasteiger partial charge in [0.2, 0.25) is 5.78 Å². The molecule has 5 N–H and O–H groups in total. The number of ketones is 1. The Morgan fingerprint density at radius 2 is 2.06 bits per heavy atom. The average Bonchev–Trinajstić information content (AvgIpc) is 3.39. The van der Waals surface area contributed by atoms with Crippen LogP contribution in [0.5, 0.6) is 0 Å². The van der Waals surface area contributed by atoms with E-state index in [-0.39, 0.29) is 29.8 Å². The summed E-state index contributed by atoms with van der Waals surface area (Å²) in [4.78, 5) is 21.8. The SMILES string of the molecule is NS(=O)(=O)OC[C@H]1C[C@@H](Nc2ncncc2C(=O)c2cc([C@@H](O)c3ccccc3)c(Cl)s2)C[C@@H]1O. The van der Waals surface area contributed by atoms with E-state index >= 15 is 0 Å². The minimum absolute atomic E-state index is 0.199. The molecular weight excluding hydrogens is 516 g/mol. The number of benzene rings is 1. The van der Waals surface area contributed by atoms with E-state index in [0.29, 0.717) is 33.2 Å². The first-order valence-corrected chi connectivity index (χ1v) is 13.3. The summed E-state index contributed by atoms with van der Waals surface area (Å²) in [5.41, 5.74) is 1.27. The molecule has 4 rings (SSSR count). The first-order valence-electron chi connectivity index (χ1n) is 10.6. The van der Waals surface area contributed by atoms with Crippen LogP contribution in [0.1, 0.15) is 45.3 Å². The van der Waals surface area contributed by atoms with Crippen molar-refractivity contribution in [1.29, 1.82) is 0 Å². The van der Waals surface area contributed by atoms with Gasteiger partial charge in [0, 0.05) is 23.7 Å². The second kappa shape index (κ2) is 10.7. The van der Waals surface area contributed by atoms with Crippen LogP contribution in [0.25, 0.3) is 0 Å². The van der Waals surface area contributed by atoms with E-state index < -0.39 is 28.4 Å². The minimum atomic E-state index is -4.11. The van der Waals surface area contributed by atoms with Crippen molar-refractivity contribution in [3.05, 3.63) is 74.8 Å². The van der Waals surface area contributed by atoms with Crippen LogP contribution in [0, 0.1) is 5.92 Å². The fourth-order valence-corrected chi connectivity index (χ4v) is 5.66. The quantitative estimate of drug-likeness (QED) is 0.299. The largest absolute Gasteiger partial charge is 0.393 e. The lowest BCUT2D eigenvalue weighted by Gasteiger charge is -2.15. The van der Waals surface area contributed by atoms with Crippen molar-refractivity contribution < 1.29 is 27.6 Å². The van der Waals surface area contributed by atoms with Crippen LogP contribution in [0.2, 0.25) is 4.34 Å². The van der Waals surface area contributed by atoms with Crippen molar-refractivity contribution in [2.24, 2.45) is 11.1 Å². The molecule has 1 saturated carbocycles. The molecule has 0 unspecified atom stereocenters. The normalized spacial score (nSPS) is 21.1. The van der Waals surface area contributed by atoms with Gasteiger partial charge >= 0.3 is 10.3 Å². The molecule has 3 aromatic rings. The number of hydrogen-bond donors (Lipinski definition) is 4. The van der Waals surface area contributed by atoms with Crippen LogP contribution in [0.3, 0.4) is 0 Å². The minimum Gasteiger partial charge on any atom is -0.393 e. The number of carbonyl (C=O) groups excluding carboxylic acids is 1. The highest BCUT2D eigenvalue weighted by molar-refractivity contribution is 7.84. The third-order valence-electron chi connectivity index (χ3n) is 5.75. The summed E-state index contributed by atoms with van der Waals surface area (Å²) in [7, 11) is -4.11. The molecule has 1 aliphatic rings. The Balaban J connectivity index is 1.50. The standard InChI is InChI=1S/C22H23ClN4O6S2/c23-21-15(19(29)12-4-2-1-3-5-12)8-18(34-21)20(30)16-9-25-11-26-22(16)27-14-6-13(17(28)7-14)10-33-35(24,31)32/h1-5,8-9,11,13-14,17,19,28-29H,6-7,10H2,(H2,24,31,32)(H,25,26,27)/t13-,14-,17+,19+/m1/s1. The molecule has 1 aliphatic carbocycles. The third-order valence-corrected chi connectivity index (χ3v) is 7.60. The maximum Gasteiger partial charge on any atom is 0.333 e. The molecule has 0 radical (unpaired) electrons. The average molecular weight is 539 g/mol. The molecule has 13 heteroatoms. The molecule has 10 nitrogen and oxygen atoms in total. The second-order valence-electron chi connectivity index (χ2n) is 8.18. The predicted molar refractivity (Wildman–Crippen MR) is 130 cm³/mol. The highest BCUT2D eigenvalue weighted by Crippen LogP contribution is 2.37. The van der Waals surface area contributed by atoms with Gasteiger partial charge in [-0.15, -0.1) is 11.3 Å². The highest BCUT2D eigenvalue weighted by atomic mass is 35.5. The predicted octanol–water partition coefficient (Wildman–Crippen LogP) is 2.28. The van der Waals surface area contributed by atoms with Gasteiger partial charge in [0.25, 0.3) is 0 Å². The van der Waals surface area contributed by atoms with Crippen molar-refractivity contribution in [2.75, 3.05) is 11.9 Å². The number of nitrogens with zero attached hydrogens (tertiary/aromatic N) is 2. The third kappa shape index (κ3) is 6.22. The number of thiophene rings is 1. The molecule has 35 heavy (non-hydrogen) atoms. The number of aliphatic hydroxyl groups excluding tert-OH is 2. The number of aromatic nitrogens is 2. The molecular formula is C22H23ClN4O6S2. The fraction of sp³-hybridized carbons (Fsp3) is 0.318. The summed E-state index contributed by atoms with van der Waals surface area (Å²) in [6.07, 6.45) is 1.56. The van der Waals surface area contributed by atoms with Crippen molar-refractivity contribution in [3.8, 4) is 0 Å². The van der Waals surface area contributed by atoms with E-state index in [1.807, 2.05) is 6.07 Å². The molecule has 1 aromatic carbocycles. The number of rotatable bonds is 9. The lowest BCUT2D eigenvalue weighted by atomic mass is 10.0. The maximum atomic E-state index is 13.3. The van der Waals surface area contributed by atoms with Gasteiger partial charge in [0.15, 0.2) is 0 Å². The molecule has 1 fully saturated rings. The van der Waals surface area contributed by atoms with E-state index in [1.54, 1.807) is 30.3 Å². The molecule has 2 heterocycles. The van der Waals surface area contributed by atoms with Gasteiger partial charge in [0.1, 0.15) is 18.2 Å². The second-order valence-corrected chi connectivity index (χ2v) is 11.1. The number of anilines is 1. The fourth-order valence-electron chi connectivity index (χ4n) is 4.01. The monoisotopic (exact) mass is 538 g/mol. The molecule has 0 aliphatic heterocycles. The first kappa shape index (κ1) is 25.6. The number of hydrogen-bond acceptors (Lipinski definition) is 10. The van der Waals surface area contributed by atoms with E-state index in [4.69, 9.17) is 16.7 Å². The number of nitrogens with one attached hydrogen (secondary N) is 1. The first-order chi connectivity index (χ1) is 16.6. The zero-order chi connectivity index (χ0) is 25.2. The highest BCUT2D eigenvalue weighted by Gasteiger charge is 2.35. The van der Waals surface area contributed by atoms with E-state index in [9.17, 15) is 23.4 Å². The van der Waals surface area contributed by atoms with Gasteiger partial charge < -0.3 is 15.5 Å². The topological polar surface area (TPSA) is 165 Å². The lowest BCUT2D eigenvalue weighted by molar-refractivity contribution is 0.101. The van der Waals surface area contributed by atoms with Gasteiger partial charge in [-0.1, -0.05) is 41.9 Å². The lowest BCUT2D eigenvalue weighted by Crippen LogP contribution is -2.24. The van der Waals surface area contributed by atoms with Gasteiger partial charge in [-0.25, -0.2) is 15.1 Å². The molecule has 0 amide bonds. The summed E-state index contributed by atoms with van der Waals surface area (Å²) in [5.74, 6) is -0.561. The summed E-state index contributed by atoms with van der Waals surface area (Å²) in [6.45, 7) is -0.242. The van der Waals surface area contributed by atoms with Crippen LogP contribution in [-0.4, -0.2) is 53.1 Å².